The molecule has 38 heavy (non-hydrogen) atoms. The van der Waals surface area contributed by atoms with Crippen molar-refractivity contribution in [2.75, 3.05) is 11.9 Å². The maximum absolute atomic E-state index is 13.1. The quantitative estimate of drug-likeness (QED) is 0.197. The molecule has 4 rings (SSSR count). The van der Waals surface area contributed by atoms with E-state index in [4.69, 9.17) is 13.9 Å². The molecule has 1 aliphatic heterocycles. The van der Waals surface area contributed by atoms with Gasteiger partial charge in [0.15, 0.2) is 0 Å². The van der Waals surface area contributed by atoms with Gasteiger partial charge in [-0.05, 0) is 42.2 Å². The molecule has 1 aromatic heterocycles. The number of esters is 1. The van der Waals surface area contributed by atoms with Crippen molar-refractivity contribution in [1.82, 2.24) is 0 Å². The number of rotatable bonds is 7. The minimum Gasteiger partial charge on any atom is -0.429 e. The zero-order chi connectivity index (χ0) is 27.7. The monoisotopic (exact) mass is 555 g/mol. The van der Waals surface area contributed by atoms with E-state index in [-0.39, 0.29) is 12.1 Å². The van der Waals surface area contributed by atoms with Gasteiger partial charge in [0.05, 0.1) is 11.7 Å². The molecule has 1 saturated heterocycles. The topological polar surface area (TPSA) is 121 Å². The molecule has 0 spiro atoms. The summed E-state index contributed by atoms with van der Waals surface area (Å²) in [6.07, 6.45) is -4.24. The van der Waals surface area contributed by atoms with Crippen LogP contribution in [0.4, 0.5) is 18.9 Å². The molecule has 0 amide bonds. The van der Waals surface area contributed by atoms with Crippen LogP contribution in [0.25, 0.3) is 11.0 Å². The number of hydrogen-bond acceptors (Lipinski definition) is 9. The molecule has 0 bridgehead atoms. The summed E-state index contributed by atoms with van der Waals surface area (Å²) in [6, 6.07) is 15.6. The number of carbonyl (C=O) groups is 1. The van der Waals surface area contributed by atoms with Crippen LogP contribution in [0, 0.1) is 11.8 Å². The summed E-state index contributed by atoms with van der Waals surface area (Å²) in [5, 5.41) is 3.80. The zero-order valence-corrected chi connectivity index (χ0v) is 21.0. The van der Waals surface area contributed by atoms with Crippen molar-refractivity contribution in [3.05, 3.63) is 76.6 Å². The van der Waals surface area contributed by atoms with Gasteiger partial charge in [0.2, 0.25) is 6.29 Å². The van der Waals surface area contributed by atoms with E-state index in [1.54, 1.807) is 49.4 Å². The third-order valence-corrected chi connectivity index (χ3v) is 7.44. The minimum absolute atomic E-state index is 0.0899. The smallest absolute Gasteiger partial charge is 0.429 e. The summed E-state index contributed by atoms with van der Waals surface area (Å²) in [5.41, 5.74) is -5.20. The average molecular weight is 556 g/mol. The fourth-order valence-electron chi connectivity index (χ4n) is 4.06. The van der Waals surface area contributed by atoms with Crippen LogP contribution in [0.15, 0.2) is 69.9 Å². The fraction of sp³-hybridized carbons (Fsp3) is 0.360. The lowest BCUT2D eigenvalue weighted by atomic mass is 9.83. The summed E-state index contributed by atoms with van der Waals surface area (Å²) >= 11 is 0. The third-order valence-electron chi connectivity index (χ3n) is 6.40. The standard InChI is InChI=1S/C25H24F3NO8S/c1-14-15(2)22(37-38(32,33)25(26,27)28)24(36-23(31)17-6-4-3-5-7-17)35-20(14)13-29-18-10-8-16-9-11-21(30)34-19(16)12-18/h3-12,14-15,20,22,24,29H,13H2,1-2H3/t14-,15?,20?,22+,24?/m0/s1. The molecule has 5 atom stereocenters. The molecule has 3 unspecified atom stereocenters. The second-order valence-electron chi connectivity index (χ2n) is 8.88. The SMILES string of the molecule is CC1[C@H](C)C(CNc2ccc3ccc(=O)oc3c2)OC(OC(=O)c2ccccc2)[C@@H]1OS(=O)(=O)C(F)(F)F. The van der Waals surface area contributed by atoms with Gasteiger partial charge >= 0.3 is 27.2 Å². The highest BCUT2D eigenvalue weighted by atomic mass is 32.2. The number of nitrogens with one attached hydrogen (secondary N) is 1. The molecule has 3 aromatic rings. The summed E-state index contributed by atoms with van der Waals surface area (Å²) in [7, 11) is -6.01. The molecule has 204 valence electrons. The second kappa shape index (κ2) is 10.8. The number of alkyl halides is 3. The lowest BCUT2D eigenvalue weighted by molar-refractivity contribution is -0.239. The molecule has 2 heterocycles. The first kappa shape index (κ1) is 27.6. The van der Waals surface area contributed by atoms with E-state index in [2.05, 4.69) is 9.50 Å². The average Bonchev–Trinajstić information content (AvgIpc) is 2.87. The molecule has 1 aliphatic rings. The fourth-order valence-corrected chi connectivity index (χ4v) is 4.73. The molecule has 2 aromatic carbocycles. The van der Waals surface area contributed by atoms with Crippen LogP contribution in [0.1, 0.15) is 24.2 Å². The Morgan fingerprint density at radius 2 is 1.71 bits per heavy atom. The first-order valence-corrected chi connectivity index (χ1v) is 13.0. The van der Waals surface area contributed by atoms with Crippen LogP contribution in [-0.2, 0) is 23.8 Å². The van der Waals surface area contributed by atoms with Gasteiger partial charge in [-0.3, -0.25) is 4.18 Å². The van der Waals surface area contributed by atoms with E-state index in [9.17, 15) is 31.2 Å². The van der Waals surface area contributed by atoms with Crippen molar-refractivity contribution >= 4 is 32.7 Å². The predicted molar refractivity (Wildman–Crippen MR) is 130 cm³/mol. The highest BCUT2D eigenvalue weighted by Crippen LogP contribution is 2.37. The number of ether oxygens (including phenoxy) is 2. The van der Waals surface area contributed by atoms with Crippen molar-refractivity contribution in [3.63, 3.8) is 0 Å². The van der Waals surface area contributed by atoms with E-state index in [1.807, 2.05) is 0 Å². The molecule has 9 nitrogen and oxygen atoms in total. The summed E-state index contributed by atoms with van der Waals surface area (Å²) in [5.74, 6) is -2.29. The van der Waals surface area contributed by atoms with Gasteiger partial charge in [-0.1, -0.05) is 32.0 Å². The number of carbonyl (C=O) groups excluding carboxylic acids is 1. The molecular weight excluding hydrogens is 531 g/mol. The molecular formula is C25H24F3NO8S. The van der Waals surface area contributed by atoms with Crippen LogP contribution in [0.2, 0.25) is 0 Å². The Morgan fingerprint density at radius 3 is 2.39 bits per heavy atom. The number of hydrogen-bond donors (Lipinski definition) is 1. The Balaban J connectivity index is 1.56. The molecule has 13 heteroatoms. The van der Waals surface area contributed by atoms with Gasteiger partial charge in [-0.2, -0.15) is 21.6 Å². The number of anilines is 1. The summed E-state index contributed by atoms with van der Waals surface area (Å²) in [6.45, 7) is 3.25. The van der Waals surface area contributed by atoms with Gasteiger partial charge < -0.3 is 19.2 Å². The first-order valence-electron chi connectivity index (χ1n) is 11.5. The van der Waals surface area contributed by atoms with Crippen molar-refractivity contribution in [1.29, 1.82) is 0 Å². The molecule has 1 fully saturated rings. The summed E-state index contributed by atoms with van der Waals surface area (Å²) in [4.78, 5) is 24.2. The summed E-state index contributed by atoms with van der Waals surface area (Å²) < 4.78 is 83.7. The Hall–Kier alpha value is -3.42. The van der Waals surface area contributed by atoms with Gasteiger partial charge in [0.1, 0.15) is 11.7 Å². The van der Waals surface area contributed by atoms with Crippen LogP contribution in [-0.4, -0.2) is 44.9 Å². The zero-order valence-electron chi connectivity index (χ0n) is 20.2. The van der Waals surface area contributed by atoms with Gasteiger partial charge in [-0.25, -0.2) is 9.59 Å². The molecule has 0 radical (unpaired) electrons. The van der Waals surface area contributed by atoms with Crippen LogP contribution < -0.4 is 10.9 Å². The lowest BCUT2D eigenvalue weighted by Gasteiger charge is -2.43. The number of halogens is 3. The third kappa shape index (κ3) is 6.00. The normalized spacial score (nSPS) is 24.2. The number of fused-ring (bicyclic) bond motifs is 1. The predicted octanol–water partition coefficient (Wildman–Crippen LogP) is 4.29. The number of benzene rings is 2. The highest BCUT2D eigenvalue weighted by molar-refractivity contribution is 7.87. The van der Waals surface area contributed by atoms with E-state index in [0.717, 1.165) is 0 Å². The van der Waals surface area contributed by atoms with E-state index < -0.39 is 57.6 Å². The second-order valence-corrected chi connectivity index (χ2v) is 10.4. The van der Waals surface area contributed by atoms with E-state index in [0.29, 0.717) is 16.7 Å². The molecule has 0 aliphatic carbocycles. The lowest BCUT2D eigenvalue weighted by Crippen LogP contribution is -2.55. The highest BCUT2D eigenvalue weighted by Gasteiger charge is 2.53. The Bertz CT molecular complexity index is 1460. The van der Waals surface area contributed by atoms with Gasteiger partial charge in [0.25, 0.3) is 0 Å². The van der Waals surface area contributed by atoms with Crippen molar-refractivity contribution in [3.8, 4) is 0 Å². The maximum atomic E-state index is 13.1. The Morgan fingerprint density at radius 1 is 1.03 bits per heavy atom. The maximum Gasteiger partial charge on any atom is 0.523 e. The Kier molecular flexibility index (Phi) is 7.81. The largest absolute Gasteiger partial charge is 0.523 e. The van der Waals surface area contributed by atoms with Crippen molar-refractivity contribution in [2.24, 2.45) is 11.8 Å². The minimum atomic E-state index is -6.01. The van der Waals surface area contributed by atoms with Gasteiger partial charge in [0, 0.05) is 29.8 Å². The van der Waals surface area contributed by atoms with Crippen LogP contribution in [0.5, 0.6) is 0 Å². The van der Waals surface area contributed by atoms with E-state index in [1.165, 1.54) is 25.1 Å². The van der Waals surface area contributed by atoms with Crippen molar-refractivity contribution < 1.29 is 44.5 Å². The first-order chi connectivity index (χ1) is 17.9. The Labute approximate surface area is 215 Å². The molecule has 0 saturated carbocycles. The van der Waals surface area contributed by atoms with E-state index >= 15 is 0 Å². The van der Waals surface area contributed by atoms with Crippen LogP contribution >= 0.6 is 0 Å². The van der Waals surface area contributed by atoms with Crippen LogP contribution in [0.3, 0.4) is 0 Å². The van der Waals surface area contributed by atoms with Gasteiger partial charge in [-0.15, -0.1) is 0 Å². The van der Waals surface area contributed by atoms with Crippen molar-refractivity contribution in [2.45, 2.75) is 37.9 Å². The molecule has 1 N–H and O–H groups in total.